The van der Waals surface area contributed by atoms with Crippen LogP contribution in [0.4, 0.5) is 14.9 Å². The van der Waals surface area contributed by atoms with Gasteiger partial charge in [0.2, 0.25) is 0 Å². The number of anilines is 1. The zero-order chi connectivity index (χ0) is 21.3. The third-order valence-electron chi connectivity index (χ3n) is 5.89. The number of carbonyl (C=O) groups is 2. The lowest BCUT2D eigenvalue weighted by Crippen LogP contribution is -2.49. The second kappa shape index (κ2) is 8.55. The molecule has 0 spiro atoms. The van der Waals surface area contributed by atoms with Crippen LogP contribution in [0.25, 0.3) is 0 Å². The van der Waals surface area contributed by atoms with Crippen molar-refractivity contribution < 1.29 is 14.0 Å². The number of carbonyl (C=O) groups excluding carboxylic acids is 2. The summed E-state index contributed by atoms with van der Waals surface area (Å²) in [4.78, 5) is 30.3. The van der Waals surface area contributed by atoms with Gasteiger partial charge >= 0.3 is 6.03 Å². The Morgan fingerprint density at radius 2 is 1.90 bits per heavy atom. The summed E-state index contributed by atoms with van der Waals surface area (Å²) in [6.45, 7) is 8.21. The molecule has 4 rings (SSSR count). The largest absolute Gasteiger partial charge is 0.368 e. The Bertz CT molecular complexity index is 935. The highest BCUT2D eigenvalue weighted by Crippen LogP contribution is 2.28. The Hall–Kier alpha value is -2.74. The molecule has 0 N–H and O–H groups in total. The van der Waals surface area contributed by atoms with Gasteiger partial charge in [0.25, 0.3) is 0 Å². The van der Waals surface area contributed by atoms with Gasteiger partial charge in [-0.3, -0.25) is 9.69 Å². The minimum Gasteiger partial charge on any atom is -0.368 e. The summed E-state index contributed by atoms with van der Waals surface area (Å²) in [5.74, 6) is -0.155. The minimum atomic E-state index is -0.751. The van der Waals surface area contributed by atoms with Crippen LogP contribution >= 0.6 is 0 Å². The van der Waals surface area contributed by atoms with Crippen LogP contribution in [0.3, 0.4) is 0 Å². The Morgan fingerprint density at radius 1 is 1.13 bits per heavy atom. The molecule has 2 saturated heterocycles. The smallest absolute Gasteiger partial charge is 0.344 e. The molecule has 0 radical (unpaired) electrons. The van der Waals surface area contributed by atoms with Crippen molar-refractivity contribution in [2.45, 2.75) is 33.0 Å². The fourth-order valence-corrected chi connectivity index (χ4v) is 4.14. The number of rotatable bonds is 4. The van der Waals surface area contributed by atoms with Crippen molar-refractivity contribution in [1.29, 1.82) is 0 Å². The molecule has 0 aliphatic carbocycles. The number of nitrogens with zero attached hydrogens (tertiary/aromatic N) is 5. The highest BCUT2D eigenvalue weighted by atomic mass is 19.1. The number of aryl methyl sites for hydroxylation is 1. The van der Waals surface area contributed by atoms with Gasteiger partial charge in [-0.1, -0.05) is 12.1 Å². The van der Waals surface area contributed by atoms with E-state index in [1.165, 1.54) is 28.9 Å². The number of Topliss-reactive ketones (excluding diaryl/α,β-unsaturated/α-hetero) is 1. The summed E-state index contributed by atoms with van der Waals surface area (Å²) in [6, 6.07) is 7.75. The number of amides is 1. The van der Waals surface area contributed by atoms with Crippen LogP contribution in [0.5, 0.6) is 0 Å². The number of halogens is 1. The maximum atomic E-state index is 13.7. The first-order valence-corrected chi connectivity index (χ1v) is 10.5. The maximum Gasteiger partial charge on any atom is 0.344 e. The normalized spacial score (nSPS) is 20.0. The van der Waals surface area contributed by atoms with Gasteiger partial charge in [0.15, 0.2) is 5.78 Å². The van der Waals surface area contributed by atoms with Gasteiger partial charge in [-0.2, -0.15) is 9.78 Å². The van der Waals surface area contributed by atoms with Crippen molar-refractivity contribution in [1.82, 2.24) is 19.6 Å². The molecular formula is C22H28FN5O2. The third-order valence-corrected chi connectivity index (χ3v) is 5.89. The van der Waals surface area contributed by atoms with Crippen LogP contribution in [0, 0.1) is 6.92 Å². The molecule has 30 heavy (non-hydrogen) atoms. The first kappa shape index (κ1) is 20.5. The third kappa shape index (κ3) is 4.38. The molecule has 2 aliphatic rings. The summed E-state index contributed by atoms with van der Waals surface area (Å²) in [6.07, 6.45) is 1.38. The standard InChI is InChI=1S/C22H28FN5O2/c1-16-3-4-18(21(13-16)27-7-5-19(23)15-27)14-25-9-11-26(12-10-25)22(30)28-8-6-20(24-28)17(2)29/h3-4,6,8,13,19H,5,7,9-12,14-15H2,1-2H3/t19-/m0/s1. The van der Waals surface area contributed by atoms with E-state index in [4.69, 9.17) is 0 Å². The van der Waals surface area contributed by atoms with Crippen molar-refractivity contribution >= 4 is 17.5 Å². The van der Waals surface area contributed by atoms with E-state index in [1.54, 1.807) is 11.0 Å². The Balaban J connectivity index is 1.38. The lowest BCUT2D eigenvalue weighted by molar-refractivity contribution is 0.101. The molecule has 8 heteroatoms. The van der Waals surface area contributed by atoms with Crippen molar-refractivity contribution in [3.8, 4) is 0 Å². The quantitative estimate of drug-likeness (QED) is 0.722. The first-order valence-electron chi connectivity index (χ1n) is 10.5. The van der Waals surface area contributed by atoms with Crippen molar-refractivity contribution in [3.63, 3.8) is 0 Å². The zero-order valence-corrected chi connectivity index (χ0v) is 17.6. The average Bonchev–Trinajstić information content (AvgIpc) is 3.39. The number of piperazine rings is 1. The summed E-state index contributed by atoms with van der Waals surface area (Å²) in [5, 5.41) is 4.07. The molecule has 1 aromatic heterocycles. The minimum absolute atomic E-state index is 0.155. The summed E-state index contributed by atoms with van der Waals surface area (Å²) < 4.78 is 15.0. The lowest BCUT2D eigenvalue weighted by atomic mass is 10.1. The molecule has 7 nitrogen and oxygen atoms in total. The highest BCUT2D eigenvalue weighted by molar-refractivity contribution is 5.92. The maximum absolute atomic E-state index is 13.7. The Morgan fingerprint density at radius 3 is 2.53 bits per heavy atom. The number of aromatic nitrogens is 2. The van der Waals surface area contributed by atoms with Crippen LogP contribution in [0.15, 0.2) is 30.5 Å². The SMILES string of the molecule is CC(=O)c1ccn(C(=O)N2CCN(Cc3ccc(C)cc3N3CC[C@H](F)C3)CC2)n1. The molecular weight excluding hydrogens is 385 g/mol. The molecule has 0 unspecified atom stereocenters. The summed E-state index contributed by atoms with van der Waals surface area (Å²) >= 11 is 0. The molecule has 160 valence electrons. The van der Waals surface area contributed by atoms with Crippen LogP contribution in [0.2, 0.25) is 0 Å². The van der Waals surface area contributed by atoms with Crippen LogP contribution in [-0.4, -0.2) is 76.8 Å². The summed E-state index contributed by atoms with van der Waals surface area (Å²) in [5.41, 5.74) is 3.80. The molecule has 2 aromatic rings. The van der Waals surface area contributed by atoms with Crippen LogP contribution in [-0.2, 0) is 6.54 Å². The fourth-order valence-electron chi connectivity index (χ4n) is 4.14. The second-order valence-electron chi connectivity index (χ2n) is 8.21. The highest BCUT2D eigenvalue weighted by Gasteiger charge is 2.26. The molecule has 1 amide bonds. The summed E-state index contributed by atoms with van der Waals surface area (Å²) in [7, 11) is 0. The number of ketones is 1. The molecule has 0 bridgehead atoms. The average molecular weight is 413 g/mol. The first-order chi connectivity index (χ1) is 14.4. The second-order valence-corrected chi connectivity index (χ2v) is 8.21. The van der Waals surface area contributed by atoms with Gasteiger partial charge in [0, 0.05) is 64.6 Å². The molecule has 2 aliphatic heterocycles. The number of alkyl halides is 1. The predicted molar refractivity (Wildman–Crippen MR) is 113 cm³/mol. The predicted octanol–water partition coefficient (Wildman–Crippen LogP) is 2.73. The van der Waals surface area contributed by atoms with E-state index in [2.05, 4.69) is 40.0 Å². The van der Waals surface area contributed by atoms with Crippen molar-refractivity contribution in [2.24, 2.45) is 0 Å². The molecule has 1 atom stereocenters. The van der Waals surface area contributed by atoms with Crippen molar-refractivity contribution in [3.05, 3.63) is 47.3 Å². The van der Waals surface area contributed by atoms with E-state index in [0.29, 0.717) is 31.7 Å². The topological polar surface area (TPSA) is 61.7 Å². The van der Waals surface area contributed by atoms with Gasteiger partial charge in [0.1, 0.15) is 11.9 Å². The monoisotopic (exact) mass is 413 g/mol. The van der Waals surface area contributed by atoms with E-state index in [1.807, 2.05) is 0 Å². The lowest BCUT2D eigenvalue weighted by Gasteiger charge is -2.35. The van der Waals surface area contributed by atoms with E-state index in [9.17, 15) is 14.0 Å². The van der Waals surface area contributed by atoms with Gasteiger partial charge in [0.05, 0.1) is 0 Å². The Labute approximate surface area is 176 Å². The fraction of sp³-hybridized carbons (Fsp3) is 0.500. The van der Waals surface area contributed by atoms with Crippen molar-refractivity contribution in [2.75, 3.05) is 44.2 Å². The van der Waals surface area contributed by atoms with E-state index >= 15 is 0 Å². The van der Waals surface area contributed by atoms with E-state index in [0.717, 1.165) is 31.9 Å². The number of benzene rings is 1. The van der Waals surface area contributed by atoms with Gasteiger partial charge in [-0.05, 0) is 36.6 Å². The van der Waals surface area contributed by atoms with E-state index in [-0.39, 0.29) is 11.8 Å². The van der Waals surface area contributed by atoms with Gasteiger partial charge < -0.3 is 9.80 Å². The number of hydrogen-bond acceptors (Lipinski definition) is 5. The van der Waals surface area contributed by atoms with Gasteiger partial charge in [-0.15, -0.1) is 0 Å². The zero-order valence-electron chi connectivity index (χ0n) is 17.6. The molecule has 3 heterocycles. The van der Waals surface area contributed by atoms with Gasteiger partial charge in [-0.25, -0.2) is 9.18 Å². The van der Waals surface area contributed by atoms with Crippen LogP contribution < -0.4 is 4.90 Å². The van der Waals surface area contributed by atoms with Crippen LogP contribution in [0.1, 0.15) is 35.0 Å². The Kier molecular flexibility index (Phi) is 5.85. The number of hydrogen-bond donors (Lipinski definition) is 0. The molecule has 0 saturated carbocycles. The molecule has 1 aromatic carbocycles. The van der Waals surface area contributed by atoms with E-state index < -0.39 is 6.17 Å². The molecule has 2 fully saturated rings.